The Labute approximate surface area is 110 Å². The van der Waals surface area contributed by atoms with Gasteiger partial charge in [-0.1, -0.05) is 36.4 Å². The Bertz CT molecular complexity index is 791. The topological polar surface area (TPSA) is 71.4 Å². The van der Waals surface area contributed by atoms with E-state index in [1.165, 1.54) is 12.1 Å². The monoisotopic (exact) mass is 274 g/mol. The van der Waals surface area contributed by atoms with Crippen molar-refractivity contribution in [3.05, 3.63) is 64.7 Å². The minimum Gasteiger partial charge on any atom is -0.289 e. The summed E-state index contributed by atoms with van der Waals surface area (Å²) in [5.74, 6) is -0.206. The van der Waals surface area contributed by atoms with Gasteiger partial charge in [-0.3, -0.25) is 9.35 Å². The van der Waals surface area contributed by atoms with Crippen LogP contribution in [-0.2, 0) is 16.5 Å². The highest BCUT2D eigenvalue weighted by molar-refractivity contribution is 7.85. The van der Waals surface area contributed by atoms with Crippen molar-refractivity contribution in [2.24, 2.45) is 0 Å². The molecule has 0 spiro atoms. The van der Waals surface area contributed by atoms with Crippen LogP contribution in [-0.4, -0.2) is 18.8 Å². The van der Waals surface area contributed by atoms with Crippen molar-refractivity contribution in [2.45, 2.75) is 11.3 Å². The fourth-order valence-corrected chi connectivity index (χ4v) is 3.18. The highest BCUT2D eigenvalue weighted by Crippen LogP contribution is 2.31. The van der Waals surface area contributed by atoms with Crippen LogP contribution in [0.25, 0.3) is 0 Å². The molecule has 0 aromatic heterocycles. The van der Waals surface area contributed by atoms with Crippen LogP contribution in [0.15, 0.2) is 47.4 Å². The molecule has 0 atom stereocenters. The molecule has 3 rings (SSSR count). The van der Waals surface area contributed by atoms with E-state index < -0.39 is 10.1 Å². The lowest BCUT2D eigenvalue weighted by Crippen LogP contribution is -2.18. The molecule has 1 aliphatic rings. The normalized spacial score (nSPS) is 13.8. The van der Waals surface area contributed by atoms with E-state index in [2.05, 4.69) is 0 Å². The van der Waals surface area contributed by atoms with Crippen molar-refractivity contribution in [2.75, 3.05) is 0 Å². The standard InChI is InChI=1S/C14H10O4S/c15-14-10-5-2-1-4-9(10)8-12-11(14)6-3-7-13(12)19(16,17)18/h1-7H,8H2,(H,16,17,18). The van der Waals surface area contributed by atoms with E-state index >= 15 is 0 Å². The zero-order chi connectivity index (χ0) is 13.6. The average molecular weight is 274 g/mol. The summed E-state index contributed by atoms with van der Waals surface area (Å²) < 4.78 is 32.0. The van der Waals surface area contributed by atoms with Crippen molar-refractivity contribution >= 4 is 15.9 Å². The summed E-state index contributed by atoms with van der Waals surface area (Å²) >= 11 is 0. The molecule has 5 heteroatoms. The first-order chi connectivity index (χ1) is 8.98. The highest BCUT2D eigenvalue weighted by Gasteiger charge is 2.27. The third kappa shape index (κ3) is 1.87. The van der Waals surface area contributed by atoms with Crippen molar-refractivity contribution in [1.29, 1.82) is 0 Å². The van der Waals surface area contributed by atoms with Gasteiger partial charge in [0.15, 0.2) is 5.78 Å². The molecule has 96 valence electrons. The minimum atomic E-state index is -4.32. The SMILES string of the molecule is O=C1c2ccccc2Cc2c1cccc2S(=O)(=O)O. The number of hydrogen-bond acceptors (Lipinski definition) is 3. The molecule has 1 aliphatic carbocycles. The maximum Gasteiger partial charge on any atom is 0.294 e. The lowest BCUT2D eigenvalue weighted by Gasteiger charge is -2.19. The third-order valence-electron chi connectivity index (χ3n) is 3.28. The number of carbonyl (C=O) groups is 1. The summed E-state index contributed by atoms with van der Waals surface area (Å²) in [6.07, 6.45) is 0.327. The van der Waals surface area contributed by atoms with Crippen LogP contribution in [0, 0.1) is 0 Å². The van der Waals surface area contributed by atoms with Crippen LogP contribution in [0.1, 0.15) is 27.0 Å². The molecule has 0 unspecified atom stereocenters. The maximum atomic E-state index is 12.3. The number of carbonyl (C=O) groups excluding carboxylic acids is 1. The van der Waals surface area contributed by atoms with Crippen molar-refractivity contribution in [3.63, 3.8) is 0 Å². The Morgan fingerprint density at radius 1 is 0.947 bits per heavy atom. The number of hydrogen-bond donors (Lipinski definition) is 1. The summed E-state index contributed by atoms with van der Waals surface area (Å²) in [6, 6.07) is 11.4. The van der Waals surface area contributed by atoms with Gasteiger partial charge in [0.25, 0.3) is 10.1 Å². The van der Waals surface area contributed by atoms with E-state index in [0.717, 1.165) is 5.56 Å². The first-order valence-electron chi connectivity index (χ1n) is 5.70. The second kappa shape index (κ2) is 4.01. The summed E-state index contributed by atoms with van der Waals surface area (Å²) in [5, 5.41) is 0. The molecule has 2 aromatic rings. The molecule has 1 N–H and O–H groups in total. The first kappa shape index (κ1) is 12.1. The number of rotatable bonds is 1. The molecular formula is C14H10O4S. The smallest absolute Gasteiger partial charge is 0.289 e. The van der Waals surface area contributed by atoms with Crippen LogP contribution in [0.3, 0.4) is 0 Å². The summed E-state index contributed by atoms with van der Waals surface area (Å²) in [7, 11) is -4.32. The van der Waals surface area contributed by atoms with Gasteiger partial charge in [-0.25, -0.2) is 0 Å². The number of benzene rings is 2. The number of fused-ring (bicyclic) bond motifs is 2. The summed E-state index contributed by atoms with van der Waals surface area (Å²) in [6.45, 7) is 0. The third-order valence-corrected chi connectivity index (χ3v) is 4.22. The van der Waals surface area contributed by atoms with Gasteiger partial charge in [0.2, 0.25) is 0 Å². The van der Waals surface area contributed by atoms with Gasteiger partial charge in [-0.05, 0) is 17.2 Å². The van der Waals surface area contributed by atoms with Crippen LogP contribution in [0.5, 0.6) is 0 Å². The van der Waals surface area contributed by atoms with Gasteiger partial charge < -0.3 is 0 Å². The van der Waals surface area contributed by atoms with Gasteiger partial charge in [0.05, 0.1) is 4.90 Å². The van der Waals surface area contributed by atoms with Crippen molar-refractivity contribution < 1.29 is 17.8 Å². The van der Waals surface area contributed by atoms with Gasteiger partial charge in [0, 0.05) is 17.5 Å². The van der Waals surface area contributed by atoms with E-state index in [0.29, 0.717) is 23.1 Å². The Kier molecular flexibility index (Phi) is 2.55. The fraction of sp³-hybridized carbons (Fsp3) is 0.0714. The molecule has 4 nitrogen and oxygen atoms in total. The predicted octanol–water partition coefficient (Wildman–Crippen LogP) is 2.07. The second-order valence-corrected chi connectivity index (χ2v) is 5.81. The summed E-state index contributed by atoms with van der Waals surface area (Å²) in [5.41, 5.74) is 2.07. The molecule has 2 aromatic carbocycles. The molecule has 0 heterocycles. The zero-order valence-corrected chi connectivity index (χ0v) is 10.6. The van der Waals surface area contributed by atoms with Gasteiger partial charge in [-0.15, -0.1) is 0 Å². The second-order valence-electron chi connectivity index (χ2n) is 4.42. The van der Waals surface area contributed by atoms with Crippen LogP contribution < -0.4 is 0 Å². The van der Waals surface area contributed by atoms with Crippen molar-refractivity contribution in [1.82, 2.24) is 0 Å². The molecule has 0 aliphatic heterocycles. The quantitative estimate of drug-likeness (QED) is 0.689. The molecular weight excluding hydrogens is 264 g/mol. The Hall–Kier alpha value is -1.98. The van der Waals surface area contributed by atoms with Crippen LogP contribution in [0.4, 0.5) is 0 Å². The van der Waals surface area contributed by atoms with Crippen LogP contribution >= 0.6 is 0 Å². The molecule has 0 saturated carbocycles. The Morgan fingerprint density at radius 3 is 2.37 bits per heavy atom. The van der Waals surface area contributed by atoms with Crippen molar-refractivity contribution in [3.8, 4) is 0 Å². The lowest BCUT2D eigenvalue weighted by molar-refractivity contribution is 0.103. The zero-order valence-electron chi connectivity index (χ0n) is 9.83. The molecule has 0 fully saturated rings. The fourth-order valence-electron chi connectivity index (χ4n) is 2.43. The summed E-state index contributed by atoms with van der Waals surface area (Å²) in [4.78, 5) is 12.1. The molecule has 0 amide bonds. The average Bonchev–Trinajstić information content (AvgIpc) is 2.37. The minimum absolute atomic E-state index is 0.187. The maximum absolute atomic E-state index is 12.3. The van der Waals surface area contributed by atoms with Crippen LogP contribution in [0.2, 0.25) is 0 Å². The highest BCUT2D eigenvalue weighted by atomic mass is 32.2. The Balaban J connectivity index is 2.30. The molecule has 0 saturated heterocycles. The predicted molar refractivity (Wildman–Crippen MR) is 68.9 cm³/mol. The molecule has 0 radical (unpaired) electrons. The lowest BCUT2D eigenvalue weighted by atomic mass is 9.85. The van der Waals surface area contributed by atoms with E-state index in [1.807, 2.05) is 0 Å². The van der Waals surface area contributed by atoms with E-state index in [4.69, 9.17) is 0 Å². The van der Waals surface area contributed by atoms with Gasteiger partial charge in [0.1, 0.15) is 0 Å². The van der Waals surface area contributed by atoms with Gasteiger partial charge >= 0.3 is 0 Å². The first-order valence-corrected chi connectivity index (χ1v) is 7.14. The molecule has 19 heavy (non-hydrogen) atoms. The van der Waals surface area contributed by atoms with E-state index in [9.17, 15) is 17.8 Å². The number of ketones is 1. The van der Waals surface area contributed by atoms with E-state index in [1.54, 1.807) is 30.3 Å². The largest absolute Gasteiger partial charge is 0.294 e. The molecule has 0 bridgehead atoms. The Morgan fingerprint density at radius 2 is 1.63 bits per heavy atom. The van der Waals surface area contributed by atoms with E-state index in [-0.39, 0.29) is 10.7 Å². The van der Waals surface area contributed by atoms with Gasteiger partial charge in [-0.2, -0.15) is 8.42 Å².